The van der Waals surface area contributed by atoms with Crippen LogP contribution in [0.4, 0.5) is 5.69 Å². The SMILES string of the molecule is CCCCN(CCCC)c1ccc2cc(/C=C/c3ccncc3)ccc2c1. The Morgan fingerprint density at radius 1 is 0.741 bits per heavy atom. The number of rotatable bonds is 9. The molecule has 0 bridgehead atoms. The molecule has 0 fully saturated rings. The maximum Gasteiger partial charge on any atom is 0.0372 e. The van der Waals surface area contributed by atoms with Crippen molar-refractivity contribution >= 4 is 28.6 Å². The predicted molar refractivity (Wildman–Crippen MR) is 119 cm³/mol. The molecule has 27 heavy (non-hydrogen) atoms. The lowest BCUT2D eigenvalue weighted by molar-refractivity contribution is 0.678. The van der Waals surface area contributed by atoms with Gasteiger partial charge in [0, 0.05) is 31.2 Å². The molecule has 3 aromatic rings. The Kier molecular flexibility index (Phi) is 7.04. The Labute approximate surface area is 163 Å². The number of anilines is 1. The zero-order chi connectivity index (χ0) is 18.9. The fourth-order valence-electron chi connectivity index (χ4n) is 3.29. The van der Waals surface area contributed by atoms with Gasteiger partial charge in [0.05, 0.1) is 0 Å². The highest BCUT2D eigenvalue weighted by Gasteiger charge is 2.06. The molecule has 0 amide bonds. The molecule has 3 rings (SSSR count). The van der Waals surface area contributed by atoms with Crippen LogP contribution in [0.5, 0.6) is 0 Å². The van der Waals surface area contributed by atoms with Crippen molar-refractivity contribution < 1.29 is 0 Å². The molecule has 1 aromatic heterocycles. The molecule has 140 valence electrons. The number of nitrogens with zero attached hydrogens (tertiary/aromatic N) is 2. The van der Waals surface area contributed by atoms with Crippen LogP contribution in [0.25, 0.3) is 22.9 Å². The van der Waals surface area contributed by atoms with Gasteiger partial charge in [0.15, 0.2) is 0 Å². The van der Waals surface area contributed by atoms with E-state index in [1.165, 1.54) is 53.3 Å². The average Bonchev–Trinajstić information content (AvgIpc) is 2.72. The normalized spacial score (nSPS) is 11.3. The third-order valence-electron chi connectivity index (χ3n) is 4.95. The van der Waals surface area contributed by atoms with Gasteiger partial charge < -0.3 is 4.90 Å². The van der Waals surface area contributed by atoms with E-state index in [4.69, 9.17) is 0 Å². The first kappa shape index (κ1) is 19.2. The van der Waals surface area contributed by atoms with Gasteiger partial charge in [-0.15, -0.1) is 0 Å². The van der Waals surface area contributed by atoms with Crippen molar-refractivity contribution in [3.63, 3.8) is 0 Å². The van der Waals surface area contributed by atoms with Crippen LogP contribution >= 0.6 is 0 Å². The number of pyridine rings is 1. The minimum Gasteiger partial charge on any atom is -0.372 e. The third kappa shape index (κ3) is 5.43. The minimum atomic E-state index is 1.15. The molecule has 0 spiro atoms. The molecule has 2 heteroatoms. The number of aromatic nitrogens is 1. The van der Waals surface area contributed by atoms with Crippen molar-refractivity contribution in [1.82, 2.24) is 4.98 Å². The van der Waals surface area contributed by atoms with Gasteiger partial charge in [-0.1, -0.05) is 57.0 Å². The largest absolute Gasteiger partial charge is 0.372 e. The predicted octanol–water partition coefficient (Wildman–Crippen LogP) is 6.81. The maximum absolute atomic E-state index is 4.06. The molecular formula is C25H30N2. The standard InChI is InChI=1S/C25H30N2/c1-3-5-17-27(18-6-4-2)25-12-11-23-19-22(9-10-24(23)20-25)8-7-21-13-15-26-16-14-21/h7-16,19-20H,3-6,17-18H2,1-2H3/b8-7+. The fraction of sp³-hybridized carbons (Fsp3) is 0.320. The van der Waals surface area contributed by atoms with Crippen LogP contribution in [-0.2, 0) is 0 Å². The van der Waals surface area contributed by atoms with Gasteiger partial charge in [0.2, 0.25) is 0 Å². The second kappa shape index (κ2) is 9.91. The zero-order valence-corrected chi connectivity index (χ0v) is 16.6. The molecule has 0 saturated heterocycles. The van der Waals surface area contributed by atoms with Gasteiger partial charge in [0.1, 0.15) is 0 Å². The molecule has 0 atom stereocenters. The Morgan fingerprint density at radius 2 is 1.37 bits per heavy atom. The van der Waals surface area contributed by atoms with E-state index < -0.39 is 0 Å². The topological polar surface area (TPSA) is 16.1 Å². The molecule has 0 N–H and O–H groups in total. The van der Waals surface area contributed by atoms with E-state index in [2.05, 4.69) is 72.3 Å². The van der Waals surface area contributed by atoms with Crippen molar-refractivity contribution in [2.45, 2.75) is 39.5 Å². The molecule has 0 radical (unpaired) electrons. The summed E-state index contributed by atoms with van der Waals surface area (Å²) in [4.78, 5) is 6.61. The number of benzene rings is 2. The molecule has 0 aliphatic heterocycles. The number of unbranched alkanes of at least 4 members (excludes halogenated alkanes) is 2. The first-order chi connectivity index (χ1) is 13.3. The summed E-state index contributed by atoms with van der Waals surface area (Å²) in [5.41, 5.74) is 3.74. The Balaban J connectivity index is 1.80. The highest BCUT2D eigenvalue weighted by Crippen LogP contribution is 2.25. The van der Waals surface area contributed by atoms with Crippen molar-refractivity contribution in [1.29, 1.82) is 0 Å². The fourth-order valence-corrected chi connectivity index (χ4v) is 3.29. The van der Waals surface area contributed by atoms with E-state index in [-0.39, 0.29) is 0 Å². The molecular weight excluding hydrogens is 328 g/mol. The van der Waals surface area contributed by atoms with Gasteiger partial charge in [-0.25, -0.2) is 0 Å². The summed E-state index contributed by atoms with van der Waals surface area (Å²) < 4.78 is 0. The van der Waals surface area contributed by atoms with Crippen LogP contribution in [0.15, 0.2) is 60.9 Å². The van der Waals surface area contributed by atoms with E-state index in [1.54, 1.807) is 0 Å². The van der Waals surface area contributed by atoms with E-state index in [1.807, 2.05) is 24.5 Å². The van der Waals surface area contributed by atoms with E-state index in [0.29, 0.717) is 0 Å². The number of hydrogen-bond donors (Lipinski definition) is 0. The second-order valence-electron chi connectivity index (χ2n) is 7.10. The maximum atomic E-state index is 4.06. The second-order valence-corrected chi connectivity index (χ2v) is 7.10. The monoisotopic (exact) mass is 358 g/mol. The Morgan fingerprint density at radius 3 is 2.07 bits per heavy atom. The summed E-state index contributed by atoms with van der Waals surface area (Å²) in [6, 6.07) is 17.6. The lowest BCUT2D eigenvalue weighted by Crippen LogP contribution is -2.25. The Bertz CT molecular complexity index is 860. The molecule has 1 heterocycles. The highest BCUT2D eigenvalue weighted by atomic mass is 15.1. The van der Waals surface area contributed by atoms with Crippen molar-refractivity contribution in [3.05, 3.63) is 72.1 Å². The van der Waals surface area contributed by atoms with Crippen LogP contribution in [0.1, 0.15) is 50.7 Å². The van der Waals surface area contributed by atoms with E-state index >= 15 is 0 Å². The number of hydrogen-bond acceptors (Lipinski definition) is 2. The summed E-state index contributed by atoms with van der Waals surface area (Å²) in [6.07, 6.45) is 12.9. The molecule has 0 aliphatic carbocycles. The minimum absolute atomic E-state index is 1.15. The number of fused-ring (bicyclic) bond motifs is 1. The average molecular weight is 359 g/mol. The van der Waals surface area contributed by atoms with E-state index in [9.17, 15) is 0 Å². The zero-order valence-electron chi connectivity index (χ0n) is 16.6. The van der Waals surface area contributed by atoms with Gasteiger partial charge in [-0.3, -0.25) is 4.98 Å². The first-order valence-electron chi connectivity index (χ1n) is 10.2. The molecule has 2 nitrogen and oxygen atoms in total. The Hall–Kier alpha value is -2.61. The quantitative estimate of drug-likeness (QED) is 0.417. The van der Waals surface area contributed by atoms with Gasteiger partial charge in [0.25, 0.3) is 0 Å². The third-order valence-corrected chi connectivity index (χ3v) is 4.95. The van der Waals surface area contributed by atoms with Gasteiger partial charge in [-0.2, -0.15) is 0 Å². The molecule has 0 saturated carbocycles. The van der Waals surface area contributed by atoms with Crippen LogP contribution < -0.4 is 4.90 Å². The summed E-state index contributed by atoms with van der Waals surface area (Å²) in [5, 5.41) is 2.60. The lowest BCUT2D eigenvalue weighted by atomic mass is 10.0. The molecule has 2 aromatic carbocycles. The van der Waals surface area contributed by atoms with Crippen molar-refractivity contribution in [3.8, 4) is 0 Å². The summed E-state index contributed by atoms with van der Waals surface area (Å²) in [7, 11) is 0. The van der Waals surface area contributed by atoms with Crippen LogP contribution in [0, 0.1) is 0 Å². The van der Waals surface area contributed by atoms with E-state index in [0.717, 1.165) is 13.1 Å². The van der Waals surface area contributed by atoms with Crippen LogP contribution in [0.2, 0.25) is 0 Å². The van der Waals surface area contributed by atoms with Crippen LogP contribution in [-0.4, -0.2) is 18.1 Å². The van der Waals surface area contributed by atoms with Crippen molar-refractivity contribution in [2.24, 2.45) is 0 Å². The van der Waals surface area contributed by atoms with Gasteiger partial charge in [-0.05, 0) is 65.1 Å². The van der Waals surface area contributed by atoms with Crippen molar-refractivity contribution in [2.75, 3.05) is 18.0 Å². The summed E-state index contributed by atoms with van der Waals surface area (Å²) in [5.74, 6) is 0. The van der Waals surface area contributed by atoms with Crippen LogP contribution in [0.3, 0.4) is 0 Å². The smallest absolute Gasteiger partial charge is 0.0372 e. The summed E-state index contributed by atoms with van der Waals surface area (Å²) in [6.45, 7) is 6.82. The lowest BCUT2D eigenvalue weighted by Gasteiger charge is -2.25. The highest BCUT2D eigenvalue weighted by molar-refractivity contribution is 5.88. The summed E-state index contributed by atoms with van der Waals surface area (Å²) >= 11 is 0. The molecule has 0 aliphatic rings. The van der Waals surface area contributed by atoms with Gasteiger partial charge >= 0.3 is 0 Å². The first-order valence-corrected chi connectivity index (χ1v) is 10.2. The molecule has 0 unspecified atom stereocenters.